The van der Waals surface area contributed by atoms with Crippen molar-refractivity contribution >= 4 is 39.1 Å². The van der Waals surface area contributed by atoms with Gasteiger partial charge in [0.2, 0.25) is 21.8 Å². The molecule has 0 spiro atoms. The Bertz CT molecular complexity index is 1140. The molecule has 0 aliphatic carbocycles. The summed E-state index contributed by atoms with van der Waals surface area (Å²) in [5.74, 6) is -3.34. The zero-order chi connectivity index (χ0) is 25.6. The maximum Gasteiger partial charge on any atom is 0.244 e. The number of benzene rings is 2. The van der Waals surface area contributed by atoms with Crippen molar-refractivity contribution in [1.82, 2.24) is 10.2 Å². The summed E-state index contributed by atoms with van der Waals surface area (Å²) in [7, 11) is -4.05. The molecule has 2 rings (SSSR count). The van der Waals surface area contributed by atoms with Crippen LogP contribution in [-0.4, -0.2) is 50.5 Å². The minimum absolute atomic E-state index is 0.0228. The molecule has 7 nitrogen and oxygen atoms in total. The summed E-state index contributed by atoms with van der Waals surface area (Å²) in [5, 5.41) is 3.19. The number of carbonyl (C=O) groups excluding carboxylic acids is 2. The third kappa shape index (κ3) is 7.66. The van der Waals surface area contributed by atoms with E-state index in [1.165, 1.54) is 11.8 Å². The van der Waals surface area contributed by atoms with Crippen LogP contribution in [0.4, 0.5) is 14.5 Å². The van der Waals surface area contributed by atoms with Gasteiger partial charge in [0, 0.05) is 24.2 Å². The van der Waals surface area contributed by atoms with Gasteiger partial charge in [0.05, 0.1) is 11.9 Å². The lowest BCUT2D eigenvalue weighted by atomic mass is 10.1. The summed E-state index contributed by atoms with van der Waals surface area (Å²) in [5.41, 5.74) is 0.414. The van der Waals surface area contributed by atoms with Crippen molar-refractivity contribution in [3.63, 3.8) is 0 Å². The molecule has 1 N–H and O–H groups in total. The number of hydrogen-bond donors (Lipinski definition) is 1. The van der Waals surface area contributed by atoms with E-state index in [2.05, 4.69) is 5.32 Å². The minimum atomic E-state index is -4.05. The van der Waals surface area contributed by atoms with Crippen molar-refractivity contribution in [2.24, 2.45) is 5.92 Å². The standard InChI is InChI=1S/C23H28ClF2N3O4S/c1-15(2)12-27-23(31)16(3)28(13-17-6-5-7-18(24)10-17)22(30)14-29(34(4,32)33)19-8-9-20(25)21(26)11-19/h5-11,15-16H,12-14H2,1-4H3,(H,27,31)/t16-/m0/s1. The van der Waals surface area contributed by atoms with Gasteiger partial charge in [-0.1, -0.05) is 37.6 Å². The number of nitrogens with zero attached hydrogens (tertiary/aromatic N) is 2. The van der Waals surface area contributed by atoms with Crippen LogP contribution in [0, 0.1) is 17.6 Å². The summed E-state index contributed by atoms with van der Waals surface area (Å²) in [4.78, 5) is 27.3. The SMILES string of the molecule is CC(C)CNC(=O)[C@H](C)N(Cc1cccc(Cl)c1)C(=O)CN(c1ccc(F)c(F)c1)S(C)(=O)=O. The Kier molecular flexibility index (Phi) is 9.40. The number of rotatable bonds is 10. The van der Waals surface area contributed by atoms with Crippen LogP contribution in [0.5, 0.6) is 0 Å². The van der Waals surface area contributed by atoms with Gasteiger partial charge in [-0.15, -0.1) is 0 Å². The van der Waals surface area contributed by atoms with E-state index < -0.39 is 46.1 Å². The van der Waals surface area contributed by atoms with E-state index in [0.717, 1.165) is 18.4 Å². The van der Waals surface area contributed by atoms with Crippen molar-refractivity contribution in [2.45, 2.75) is 33.4 Å². The highest BCUT2D eigenvalue weighted by Crippen LogP contribution is 2.22. The molecule has 0 radical (unpaired) electrons. The Morgan fingerprint density at radius 3 is 2.29 bits per heavy atom. The Labute approximate surface area is 203 Å². The molecule has 0 fully saturated rings. The van der Waals surface area contributed by atoms with Crippen molar-refractivity contribution in [3.05, 3.63) is 64.7 Å². The number of anilines is 1. The van der Waals surface area contributed by atoms with Crippen LogP contribution in [0.15, 0.2) is 42.5 Å². The largest absolute Gasteiger partial charge is 0.354 e. The van der Waals surface area contributed by atoms with Gasteiger partial charge < -0.3 is 10.2 Å². The first-order chi connectivity index (χ1) is 15.8. The highest BCUT2D eigenvalue weighted by molar-refractivity contribution is 7.92. The predicted octanol–water partition coefficient (Wildman–Crippen LogP) is 3.57. The fourth-order valence-corrected chi connectivity index (χ4v) is 4.18. The van der Waals surface area contributed by atoms with Crippen LogP contribution < -0.4 is 9.62 Å². The van der Waals surface area contributed by atoms with Gasteiger partial charge in [-0.2, -0.15) is 0 Å². The molecular weight excluding hydrogens is 488 g/mol. The number of sulfonamides is 1. The monoisotopic (exact) mass is 515 g/mol. The Balaban J connectivity index is 2.39. The number of halogens is 3. The zero-order valence-electron chi connectivity index (χ0n) is 19.4. The van der Waals surface area contributed by atoms with Crippen molar-refractivity contribution < 1.29 is 26.8 Å². The van der Waals surface area contributed by atoms with Crippen molar-refractivity contribution in [2.75, 3.05) is 23.7 Å². The first kappa shape index (κ1) is 27.5. The molecule has 0 unspecified atom stereocenters. The third-order valence-corrected chi connectivity index (χ3v) is 6.34. The Morgan fingerprint density at radius 1 is 1.06 bits per heavy atom. The summed E-state index contributed by atoms with van der Waals surface area (Å²) in [6.45, 7) is 5.03. The number of nitrogens with one attached hydrogen (secondary N) is 1. The van der Waals surface area contributed by atoms with Crippen molar-refractivity contribution in [3.8, 4) is 0 Å². The maximum atomic E-state index is 13.8. The van der Waals surface area contributed by atoms with E-state index in [-0.39, 0.29) is 18.2 Å². The highest BCUT2D eigenvalue weighted by Gasteiger charge is 2.30. The van der Waals surface area contributed by atoms with Crippen molar-refractivity contribution in [1.29, 1.82) is 0 Å². The molecular formula is C23H28ClF2N3O4S. The van der Waals surface area contributed by atoms with E-state index in [1.54, 1.807) is 24.3 Å². The van der Waals surface area contributed by atoms with Gasteiger partial charge >= 0.3 is 0 Å². The van der Waals surface area contributed by atoms with Crippen LogP contribution in [0.2, 0.25) is 5.02 Å². The lowest BCUT2D eigenvalue weighted by Crippen LogP contribution is -2.51. The second kappa shape index (κ2) is 11.6. The van der Waals surface area contributed by atoms with Gasteiger partial charge in [-0.05, 0) is 42.7 Å². The van der Waals surface area contributed by atoms with Gasteiger partial charge in [0.25, 0.3) is 0 Å². The molecule has 0 saturated carbocycles. The number of amides is 2. The number of hydrogen-bond acceptors (Lipinski definition) is 4. The Hall–Kier alpha value is -2.72. The molecule has 34 heavy (non-hydrogen) atoms. The molecule has 1 atom stereocenters. The van der Waals surface area contributed by atoms with Crippen LogP contribution in [-0.2, 0) is 26.2 Å². The fraction of sp³-hybridized carbons (Fsp3) is 0.391. The zero-order valence-corrected chi connectivity index (χ0v) is 21.0. The molecule has 186 valence electrons. The smallest absolute Gasteiger partial charge is 0.244 e. The van der Waals surface area contributed by atoms with E-state index in [9.17, 15) is 26.8 Å². The fourth-order valence-electron chi connectivity index (χ4n) is 3.12. The normalized spacial score (nSPS) is 12.4. The average molecular weight is 516 g/mol. The van der Waals surface area contributed by atoms with E-state index in [1.807, 2.05) is 13.8 Å². The first-order valence-electron chi connectivity index (χ1n) is 10.5. The molecule has 0 saturated heterocycles. The molecule has 0 aliphatic heterocycles. The molecule has 2 aromatic carbocycles. The third-order valence-electron chi connectivity index (χ3n) is 4.96. The first-order valence-corrected chi connectivity index (χ1v) is 12.8. The van der Waals surface area contributed by atoms with E-state index in [0.29, 0.717) is 27.5 Å². The molecule has 2 aromatic rings. The summed E-state index contributed by atoms with van der Waals surface area (Å²) < 4.78 is 52.6. The maximum absolute atomic E-state index is 13.8. The van der Waals surface area contributed by atoms with E-state index in [4.69, 9.17) is 11.6 Å². The van der Waals surface area contributed by atoms with E-state index >= 15 is 0 Å². The molecule has 0 aliphatic rings. The lowest BCUT2D eigenvalue weighted by molar-refractivity contribution is -0.139. The molecule has 0 heterocycles. The number of carbonyl (C=O) groups is 2. The molecule has 0 bridgehead atoms. The average Bonchev–Trinajstić information content (AvgIpc) is 2.74. The topological polar surface area (TPSA) is 86.8 Å². The predicted molar refractivity (Wildman–Crippen MR) is 128 cm³/mol. The van der Waals surface area contributed by atoms with Gasteiger partial charge in [0.1, 0.15) is 12.6 Å². The second-order valence-corrected chi connectivity index (χ2v) is 10.7. The highest BCUT2D eigenvalue weighted by atomic mass is 35.5. The van der Waals surface area contributed by atoms with Crippen LogP contribution in [0.25, 0.3) is 0 Å². The molecule has 2 amide bonds. The lowest BCUT2D eigenvalue weighted by Gasteiger charge is -2.31. The minimum Gasteiger partial charge on any atom is -0.354 e. The summed E-state index contributed by atoms with van der Waals surface area (Å²) in [6.07, 6.45) is 0.849. The van der Waals surface area contributed by atoms with Gasteiger partial charge in [0.15, 0.2) is 11.6 Å². The quantitative estimate of drug-likeness (QED) is 0.524. The van der Waals surface area contributed by atoms with Crippen LogP contribution >= 0.6 is 11.6 Å². The molecule has 11 heteroatoms. The summed E-state index contributed by atoms with van der Waals surface area (Å²) in [6, 6.07) is 8.28. The molecule has 0 aromatic heterocycles. The second-order valence-electron chi connectivity index (χ2n) is 8.33. The van der Waals surface area contributed by atoms with Gasteiger partial charge in [-0.25, -0.2) is 17.2 Å². The van der Waals surface area contributed by atoms with Crippen LogP contribution in [0.3, 0.4) is 0 Å². The van der Waals surface area contributed by atoms with Gasteiger partial charge in [-0.3, -0.25) is 13.9 Å². The van der Waals surface area contributed by atoms with Crippen LogP contribution in [0.1, 0.15) is 26.3 Å². The summed E-state index contributed by atoms with van der Waals surface area (Å²) >= 11 is 6.05. The Morgan fingerprint density at radius 2 is 1.74 bits per heavy atom.